The lowest BCUT2D eigenvalue weighted by Crippen LogP contribution is -2.08. The van der Waals surface area contributed by atoms with Crippen molar-refractivity contribution >= 4 is 29.0 Å². The van der Waals surface area contributed by atoms with Crippen LogP contribution in [0.4, 0.5) is 10.2 Å². The van der Waals surface area contributed by atoms with Crippen LogP contribution in [0.25, 0.3) is 11.1 Å². The Hall–Kier alpha value is -2.34. The van der Waals surface area contributed by atoms with Crippen LogP contribution in [0.1, 0.15) is 42.2 Å². The summed E-state index contributed by atoms with van der Waals surface area (Å²) in [6.07, 6.45) is 3.00. The van der Waals surface area contributed by atoms with Crippen LogP contribution in [0.15, 0.2) is 42.6 Å². The van der Waals surface area contributed by atoms with E-state index in [9.17, 15) is 4.39 Å². The molecule has 7 heteroatoms. The van der Waals surface area contributed by atoms with Crippen molar-refractivity contribution < 1.29 is 9.13 Å². The Bertz CT molecular complexity index is 1090. The minimum atomic E-state index is -0.622. The van der Waals surface area contributed by atoms with Crippen LogP contribution < -0.4 is 16.2 Å². The van der Waals surface area contributed by atoms with Gasteiger partial charge in [-0.25, -0.2) is 9.37 Å². The number of rotatable bonds is 4. The summed E-state index contributed by atoms with van der Waals surface area (Å²) in [6, 6.07) is 10.8. The summed E-state index contributed by atoms with van der Waals surface area (Å²) >= 11 is 12.3. The number of nitrogen functional groups attached to an aromatic ring is 1. The quantitative estimate of drug-likeness (QED) is 0.507. The largest absolute Gasteiger partial charge is 0.482 e. The zero-order valence-corrected chi connectivity index (χ0v) is 17.3. The molecule has 3 aromatic rings. The molecule has 2 aromatic carbocycles. The Labute approximate surface area is 178 Å². The van der Waals surface area contributed by atoms with E-state index in [4.69, 9.17) is 39.4 Å². The number of pyridine rings is 1. The van der Waals surface area contributed by atoms with Crippen LogP contribution in [0.5, 0.6) is 5.75 Å². The Kier molecular flexibility index (Phi) is 5.38. The van der Waals surface area contributed by atoms with E-state index in [1.54, 1.807) is 13.1 Å². The topological polar surface area (TPSA) is 74.2 Å². The second-order valence-electron chi connectivity index (χ2n) is 7.18. The molecule has 0 fully saturated rings. The van der Waals surface area contributed by atoms with Gasteiger partial charge >= 0.3 is 0 Å². The molecule has 150 valence electrons. The summed E-state index contributed by atoms with van der Waals surface area (Å²) < 4.78 is 19.8. The summed E-state index contributed by atoms with van der Waals surface area (Å²) in [5, 5.41) is 0.254. The fraction of sp³-hybridized carbons (Fsp3) is 0.227. The summed E-state index contributed by atoms with van der Waals surface area (Å²) in [7, 11) is 0. The molecule has 1 unspecified atom stereocenters. The van der Waals surface area contributed by atoms with Gasteiger partial charge in [-0.1, -0.05) is 41.4 Å². The van der Waals surface area contributed by atoms with Crippen LogP contribution in [-0.4, -0.2) is 4.98 Å². The third-order valence-electron chi connectivity index (χ3n) is 5.27. The lowest BCUT2D eigenvalue weighted by molar-refractivity contribution is 0.227. The molecular weight excluding hydrogens is 412 g/mol. The first-order chi connectivity index (χ1) is 13.8. The van der Waals surface area contributed by atoms with Gasteiger partial charge < -0.3 is 16.2 Å². The molecular formula is C22H20Cl2FN3O. The predicted octanol–water partition coefficient (Wildman–Crippen LogP) is 5.86. The van der Waals surface area contributed by atoms with Gasteiger partial charge in [-0.05, 0) is 54.7 Å². The molecule has 0 spiro atoms. The number of aryl methyl sites for hydroxylation is 1. The highest BCUT2D eigenvalue weighted by atomic mass is 35.5. The fourth-order valence-electron chi connectivity index (χ4n) is 3.70. The van der Waals surface area contributed by atoms with Crippen molar-refractivity contribution in [2.45, 2.75) is 31.9 Å². The summed E-state index contributed by atoms with van der Waals surface area (Å²) in [5.41, 5.74) is 16.8. The van der Waals surface area contributed by atoms with Crippen molar-refractivity contribution in [1.29, 1.82) is 0 Å². The van der Waals surface area contributed by atoms with Gasteiger partial charge in [-0.15, -0.1) is 0 Å². The van der Waals surface area contributed by atoms with E-state index in [1.165, 1.54) is 23.3 Å². The Balaban J connectivity index is 1.66. The van der Waals surface area contributed by atoms with Crippen molar-refractivity contribution in [1.82, 2.24) is 4.98 Å². The number of aromatic nitrogens is 1. The highest BCUT2D eigenvalue weighted by molar-refractivity contribution is 6.36. The van der Waals surface area contributed by atoms with Crippen molar-refractivity contribution in [2.24, 2.45) is 5.73 Å². The van der Waals surface area contributed by atoms with Crippen molar-refractivity contribution in [3.05, 3.63) is 75.1 Å². The summed E-state index contributed by atoms with van der Waals surface area (Å²) in [4.78, 5) is 4.26. The van der Waals surface area contributed by atoms with Crippen molar-refractivity contribution in [3.63, 3.8) is 0 Å². The number of halogens is 3. The smallest absolute Gasteiger partial charge is 0.166 e. The monoisotopic (exact) mass is 431 g/mol. The fourth-order valence-corrected chi connectivity index (χ4v) is 4.38. The highest BCUT2D eigenvalue weighted by Gasteiger charge is 2.21. The van der Waals surface area contributed by atoms with Crippen LogP contribution in [-0.2, 0) is 6.42 Å². The minimum absolute atomic E-state index is 0.0670. The molecule has 4 N–H and O–H groups in total. The van der Waals surface area contributed by atoms with Crippen LogP contribution >= 0.6 is 23.2 Å². The molecule has 0 radical (unpaired) electrons. The summed E-state index contributed by atoms with van der Waals surface area (Å²) in [6.45, 7) is 1.73. The third kappa shape index (κ3) is 3.78. The third-order valence-corrected chi connectivity index (χ3v) is 5.99. The van der Waals surface area contributed by atoms with E-state index < -0.39 is 11.9 Å². The van der Waals surface area contributed by atoms with Gasteiger partial charge in [-0.3, -0.25) is 0 Å². The van der Waals surface area contributed by atoms with Gasteiger partial charge in [0.05, 0.1) is 5.02 Å². The molecule has 4 nitrogen and oxygen atoms in total. The maximum Gasteiger partial charge on any atom is 0.166 e. The average Bonchev–Trinajstić information content (AvgIpc) is 3.07. The molecule has 1 heterocycles. The summed E-state index contributed by atoms with van der Waals surface area (Å²) in [5.74, 6) is 0.0498. The molecule has 4 rings (SSSR count). The van der Waals surface area contributed by atoms with E-state index in [2.05, 4.69) is 17.1 Å². The molecule has 1 aliphatic rings. The molecule has 0 saturated heterocycles. The number of benzene rings is 2. The molecule has 29 heavy (non-hydrogen) atoms. The highest BCUT2D eigenvalue weighted by Crippen LogP contribution is 2.38. The first-order valence-corrected chi connectivity index (χ1v) is 10.0. The van der Waals surface area contributed by atoms with Gasteiger partial charge in [-0.2, -0.15) is 0 Å². The Morgan fingerprint density at radius 2 is 1.97 bits per heavy atom. The number of hydrogen-bond donors (Lipinski definition) is 2. The molecule has 1 aromatic heterocycles. The van der Waals surface area contributed by atoms with E-state index in [0.29, 0.717) is 16.3 Å². The normalized spacial score (nSPS) is 16.5. The van der Waals surface area contributed by atoms with Gasteiger partial charge in [0, 0.05) is 28.4 Å². The second kappa shape index (κ2) is 7.82. The lowest BCUT2D eigenvalue weighted by Gasteiger charge is -2.19. The number of ether oxygens (including phenoxy) is 1. The first-order valence-electron chi connectivity index (χ1n) is 9.29. The van der Waals surface area contributed by atoms with Crippen LogP contribution in [0, 0.1) is 5.82 Å². The average molecular weight is 432 g/mol. The second-order valence-corrected chi connectivity index (χ2v) is 7.97. The number of fused-ring (bicyclic) bond motifs is 1. The van der Waals surface area contributed by atoms with Crippen LogP contribution in [0.3, 0.4) is 0 Å². The van der Waals surface area contributed by atoms with E-state index in [-0.39, 0.29) is 16.9 Å². The number of hydrogen-bond acceptors (Lipinski definition) is 4. The SMILES string of the molecule is C[C@@H](Oc1cc(-c2ccc3c(c2)CCC3N)cnc1N)c1c(Cl)ccc(F)c1Cl. The van der Waals surface area contributed by atoms with Gasteiger partial charge in [0.15, 0.2) is 11.6 Å². The maximum absolute atomic E-state index is 13.9. The number of anilines is 1. The molecule has 0 amide bonds. The number of nitrogens with two attached hydrogens (primary N) is 2. The van der Waals surface area contributed by atoms with E-state index in [1.807, 2.05) is 12.1 Å². The first kappa shape index (κ1) is 20.0. The molecule has 1 aliphatic carbocycles. The molecule has 2 atom stereocenters. The Morgan fingerprint density at radius 1 is 1.17 bits per heavy atom. The zero-order valence-electron chi connectivity index (χ0n) is 15.8. The van der Waals surface area contributed by atoms with Gasteiger partial charge in [0.25, 0.3) is 0 Å². The molecule has 0 aliphatic heterocycles. The van der Waals surface area contributed by atoms with E-state index >= 15 is 0 Å². The lowest BCUT2D eigenvalue weighted by atomic mass is 10.0. The van der Waals surface area contributed by atoms with Crippen LogP contribution in [0.2, 0.25) is 10.0 Å². The van der Waals surface area contributed by atoms with E-state index in [0.717, 1.165) is 24.0 Å². The maximum atomic E-state index is 13.9. The Morgan fingerprint density at radius 3 is 2.76 bits per heavy atom. The molecule has 0 bridgehead atoms. The standard InChI is InChI=1S/C22H20Cl2FN3O/c1-11(20-16(23)5-6-17(25)21(20)24)29-19-9-14(10-28-22(19)27)12-2-4-15-13(8-12)3-7-18(15)26/h2,4-6,8-11,18H,3,7,26H2,1H3,(H2,27,28)/t11-,18?/m1/s1. The number of nitrogens with zero attached hydrogens (tertiary/aromatic N) is 1. The van der Waals surface area contributed by atoms with Crippen molar-refractivity contribution in [2.75, 3.05) is 5.73 Å². The van der Waals surface area contributed by atoms with Crippen molar-refractivity contribution in [3.8, 4) is 16.9 Å². The van der Waals surface area contributed by atoms with Gasteiger partial charge in [0.2, 0.25) is 0 Å². The minimum Gasteiger partial charge on any atom is -0.482 e. The molecule has 0 saturated carbocycles. The predicted molar refractivity (Wildman–Crippen MR) is 115 cm³/mol. The zero-order chi connectivity index (χ0) is 20.7. The van der Waals surface area contributed by atoms with Gasteiger partial charge in [0.1, 0.15) is 11.9 Å².